The third-order valence-corrected chi connectivity index (χ3v) is 3.67. The Kier molecular flexibility index (Phi) is 5.01. The standard InChI is InChI=1S/C15H18BrN3O2/c1-10-8-11(2)19(18-10)7-3-6-17-14-9-12(16)4-5-13(14)15(20)21/h4-5,8-9,17H,3,6-7H2,1-2H3,(H,20,21). The van der Waals surface area contributed by atoms with Crippen LogP contribution in [-0.4, -0.2) is 27.4 Å². The number of nitrogens with zero attached hydrogens (tertiary/aromatic N) is 2. The molecular formula is C15H18BrN3O2. The van der Waals surface area contributed by atoms with Crippen molar-refractivity contribution in [2.45, 2.75) is 26.8 Å². The van der Waals surface area contributed by atoms with Crippen LogP contribution in [0.15, 0.2) is 28.7 Å². The van der Waals surface area contributed by atoms with Crippen molar-refractivity contribution in [1.29, 1.82) is 0 Å². The summed E-state index contributed by atoms with van der Waals surface area (Å²) < 4.78 is 2.82. The van der Waals surface area contributed by atoms with Gasteiger partial charge in [-0.15, -0.1) is 0 Å². The van der Waals surface area contributed by atoms with Crippen LogP contribution in [0.2, 0.25) is 0 Å². The van der Waals surface area contributed by atoms with Gasteiger partial charge in [0.05, 0.1) is 11.3 Å². The van der Waals surface area contributed by atoms with Crippen LogP contribution < -0.4 is 5.32 Å². The predicted molar refractivity (Wildman–Crippen MR) is 85.9 cm³/mol. The van der Waals surface area contributed by atoms with Gasteiger partial charge in [-0.25, -0.2) is 4.79 Å². The molecule has 1 aromatic heterocycles. The van der Waals surface area contributed by atoms with Crippen molar-refractivity contribution in [1.82, 2.24) is 9.78 Å². The third kappa shape index (κ3) is 4.07. The summed E-state index contributed by atoms with van der Waals surface area (Å²) in [6, 6.07) is 7.15. The molecule has 1 aromatic carbocycles. The van der Waals surface area contributed by atoms with Gasteiger partial charge >= 0.3 is 5.97 Å². The van der Waals surface area contributed by atoms with E-state index in [4.69, 9.17) is 5.11 Å². The quantitative estimate of drug-likeness (QED) is 0.782. The minimum absolute atomic E-state index is 0.282. The Hall–Kier alpha value is -1.82. The second-order valence-corrected chi connectivity index (χ2v) is 5.84. The fourth-order valence-electron chi connectivity index (χ4n) is 2.20. The molecule has 0 atom stereocenters. The Morgan fingerprint density at radius 1 is 1.38 bits per heavy atom. The number of rotatable bonds is 6. The highest BCUT2D eigenvalue weighted by Gasteiger charge is 2.09. The van der Waals surface area contributed by atoms with Gasteiger partial charge in [0.1, 0.15) is 0 Å². The molecular weight excluding hydrogens is 334 g/mol. The fourth-order valence-corrected chi connectivity index (χ4v) is 2.56. The van der Waals surface area contributed by atoms with E-state index in [2.05, 4.69) is 26.3 Å². The molecule has 112 valence electrons. The lowest BCUT2D eigenvalue weighted by Gasteiger charge is -2.10. The average Bonchev–Trinajstić information content (AvgIpc) is 2.73. The summed E-state index contributed by atoms with van der Waals surface area (Å²) in [4.78, 5) is 11.2. The summed E-state index contributed by atoms with van der Waals surface area (Å²) in [7, 11) is 0. The van der Waals surface area contributed by atoms with Crippen molar-refractivity contribution >= 4 is 27.6 Å². The number of hydrogen-bond acceptors (Lipinski definition) is 3. The first kappa shape index (κ1) is 15.6. The Morgan fingerprint density at radius 2 is 2.14 bits per heavy atom. The molecule has 0 fully saturated rings. The van der Waals surface area contributed by atoms with Gasteiger partial charge in [0, 0.05) is 28.9 Å². The van der Waals surface area contributed by atoms with Crippen LogP contribution in [0, 0.1) is 13.8 Å². The normalized spacial score (nSPS) is 10.6. The summed E-state index contributed by atoms with van der Waals surface area (Å²) >= 11 is 3.36. The lowest BCUT2D eigenvalue weighted by atomic mass is 10.2. The largest absolute Gasteiger partial charge is 0.478 e. The average molecular weight is 352 g/mol. The smallest absolute Gasteiger partial charge is 0.337 e. The van der Waals surface area contributed by atoms with Crippen molar-refractivity contribution < 1.29 is 9.90 Å². The molecule has 2 N–H and O–H groups in total. The zero-order chi connectivity index (χ0) is 15.4. The van der Waals surface area contributed by atoms with Crippen molar-refractivity contribution in [3.63, 3.8) is 0 Å². The Labute approximate surface area is 132 Å². The van der Waals surface area contributed by atoms with Crippen molar-refractivity contribution in [3.8, 4) is 0 Å². The van der Waals surface area contributed by atoms with E-state index in [1.54, 1.807) is 18.2 Å². The fraction of sp³-hybridized carbons (Fsp3) is 0.333. The van der Waals surface area contributed by atoms with E-state index in [0.717, 1.165) is 28.8 Å². The molecule has 2 rings (SSSR count). The zero-order valence-electron chi connectivity index (χ0n) is 12.1. The second-order valence-electron chi connectivity index (χ2n) is 4.93. The Balaban J connectivity index is 1.93. The van der Waals surface area contributed by atoms with E-state index >= 15 is 0 Å². The van der Waals surface area contributed by atoms with Crippen molar-refractivity contribution in [2.75, 3.05) is 11.9 Å². The van der Waals surface area contributed by atoms with Gasteiger partial charge in [0.15, 0.2) is 0 Å². The predicted octanol–water partition coefficient (Wildman–Crippen LogP) is 3.46. The molecule has 0 aliphatic heterocycles. The lowest BCUT2D eigenvalue weighted by molar-refractivity contribution is 0.0698. The molecule has 21 heavy (non-hydrogen) atoms. The van der Waals surface area contributed by atoms with E-state index in [1.807, 2.05) is 24.6 Å². The van der Waals surface area contributed by atoms with E-state index in [9.17, 15) is 4.79 Å². The molecule has 0 bridgehead atoms. The van der Waals surface area contributed by atoms with Gasteiger partial charge in [-0.05, 0) is 44.5 Å². The molecule has 6 heteroatoms. The monoisotopic (exact) mass is 351 g/mol. The number of carbonyl (C=O) groups is 1. The lowest BCUT2D eigenvalue weighted by Crippen LogP contribution is -2.11. The number of aromatic nitrogens is 2. The number of hydrogen-bond donors (Lipinski definition) is 2. The third-order valence-electron chi connectivity index (χ3n) is 3.18. The molecule has 5 nitrogen and oxygen atoms in total. The highest BCUT2D eigenvalue weighted by molar-refractivity contribution is 9.10. The number of halogens is 1. The molecule has 0 aliphatic carbocycles. The summed E-state index contributed by atoms with van der Waals surface area (Å²) in [5.74, 6) is -0.927. The van der Waals surface area contributed by atoms with Crippen LogP contribution in [0.3, 0.4) is 0 Å². The van der Waals surface area contributed by atoms with E-state index in [-0.39, 0.29) is 5.56 Å². The van der Waals surface area contributed by atoms with Crippen molar-refractivity contribution in [2.24, 2.45) is 0 Å². The minimum Gasteiger partial charge on any atom is -0.478 e. The molecule has 0 saturated carbocycles. The number of benzene rings is 1. The van der Waals surface area contributed by atoms with Crippen LogP contribution in [0.25, 0.3) is 0 Å². The van der Waals surface area contributed by atoms with Gasteiger partial charge in [0.25, 0.3) is 0 Å². The maximum absolute atomic E-state index is 11.2. The van der Waals surface area contributed by atoms with E-state index in [0.29, 0.717) is 12.2 Å². The van der Waals surface area contributed by atoms with Crippen molar-refractivity contribution in [3.05, 3.63) is 45.7 Å². The topological polar surface area (TPSA) is 67.2 Å². The number of carboxylic acid groups (broad SMARTS) is 1. The Bertz CT molecular complexity index is 652. The zero-order valence-corrected chi connectivity index (χ0v) is 13.6. The number of aromatic carboxylic acids is 1. The van der Waals surface area contributed by atoms with Crippen LogP contribution in [0.1, 0.15) is 28.2 Å². The number of aryl methyl sites for hydroxylation is 3. The van der Waals surface area contributed by atoms with Crippen LogP contribution >= 0.6 is 15.9 Å². The molecule has 0 saturated heterocycles. The summed E-state index contributed by atoms with van der Waals surface area (Å²) in [6.45, 7) is 5.50. The van der Waals surface area contributed by atoms with Gasteiger partial charge < -0.3 is 10.4 Å². The minimum atomic E-state index is -0.927. The number of anilines is 1. The first-order chi connectivity index (χ1) is 9.97. The molecule has 2 aromatic rings. The summed E-state index contributed by atoms with van der Waals surface area (Å²) in [5.41, 5.74) is 3.07. The van der Waals surface area contributed by atoms with Crippen LogP contribution in [0.4, 0.5) is 5.69 Å². The first-order valence-electron chi connectivity index (χ1n) is 6.75. The second kappa shape index (κ2) is 6.76. The van der Waals surface area contributed by atoms with Crippen LogP contribution in [-0.2, 0) is 6.54 Å². The first-order valence-corrected chi connectivity index (χ1v) is 7.54. The van der Waals surface area contributed by atoms with Gasteiger partial charge in [-0.2, -0.15) is 5.10 Å². The Morgan fingerprint density at radius 3 is 2.76 bits per heavy atom. The SMILES string of the molecule is Cc1cc(C)n(CCCNc2cc(Br)ccc2C(=O)O)n1. The molecule has 0 amide bonds. The number of carboxylic acids is 1. The highest BCUT2D eigenvalue weighted by Crippen LogP contribution is 2.21. The maximum Gasteiger partial charge on any atom is 0.337 e. The van der Waals surface area contributed by atoms with Gasteiger partial charge in [-0.3, -0.25) is 4.68 Å². The summed E-state index contributed by atoms with van der Waals surface area (Å²) in [5, 5.41) is 16.7. The molecule has 0 unspecified atom stereocenters. The molecule has 0 radical (unpaired) electrons. The van der Waals surface area contributed by atoms with Gasteiger partial charge in [-0.1, -0.05) is 15.9 Å². The molecule has 0 aliphatic rings. The van der Waals surface area contributed by atoms with E-state index < -0.39 is 5.97 Å². The summed E-state index contributed by atoms with van der Waals surface area (Å²) in [6.07, 6.45) is 0.869. The maximum atomic E-state index is 11.2. The molecule has 1 heterocycles. The molecule has 0 spiro atoms. The van der Waals surface area contributed by atoms with E-state index in [1.165, 1.54) is 0 Å². The number of nitrogens with one attached hydrogen (secondary N) is 1. The van der Waals surface area contributed by atoms with Gasteiger partial charge in [0.2, 0.25) is 0 Å². The highest BCUT2D eigenvalue weighted by atomic mass is 79.9. The van der Waals surface area contributed by atoms with Crippen LogP contribution in [0.5, 0.6) is 0 Å².